The van der Waals surface area contributed by atoms with Crippen molar-refractivity contribution in [2.45, 2.75) is 12.5 Å². The summed E-state index contributed by atoms with van der Waals surface area (Å²) in [6, 6.07) is 13.9. The van der Waals surface area contributed by atoms with Crippen molar-refractivity contribution in [2.24, 2.45) is 0 Å². The maximum atomic E-state index is 12.7. The zero-order chi connectivity index (χ0) is 17.9. The van der Waals surface area contributed by atoms with Crippen LogP contribution in [0.15, 0.2) is 48.5 Å². The van der Waals surface area contributed by atoms with Crippen molar-refractivity contribution in [3.8, 4) is 11.5 Å². The molecular weight excluding hydrogens is 322 g/mol. The number of benzene rings is 2. The Labute approximate surface area is 145 Å². The molecule has 0 aromatic heterocycles. The monoisotopic (exact) mass is 341 g/mol. The number of carbonyl (C=O) groups is 2. The average Bonchev–Trinajstić information content (AvgIpc) is 2.67. The Morgan fingerprint density at radius 2 is 1.72 bits per heavy atom. The minimum Gasteiger partial charge on any atom is -0.486 e. The molecule has 1 aliphatic heterocycles. The van der Waals surface area contributed by atoms with Gasteiger partial charge in [-0.2, -0.15) is 0 Å². The van der Waals surface area contributed by atoms with Crippen molar-refractivity contribution in [1.29, 1.82) is 0 Å². The van der Waals surface area contributed by atoms with Crippen molar-refractivity contribution in [3.63, 3.8) is 0 Å². The highest BCUT2D eigenvalue weighted by Gasteiger charge is 2.38. The van der Waals surface area contributed by atoms with Crippen LogP contribution in [0.2, 0.25) is 0 Å². The van der Waals surface area contributed by atoms with Crippen LogP contribution in [0, 0.1) is 0 Å². The van der Waals surface area contributed by atoms with E-state index in [1.807, 2.05) is 6.07 Å². The first-order chi connectivity index (χ1) is 12.0. The zero-order valence-electron chi connectivity index (χ0n) is 14.1. The largest absolute Gasteiger partial charge is 0.486 e. The van der Waals surface area contributed by atoms with E-state index < -0.39 is 17.4 Å². The number of hydrogen-bond donors (Lipinski definition) is 1. The van der Waals surface area contributed by atoms with Crippen LogP contribution in [0.25, 0.3) is 0 Å². The molecule has 0 radical (unpaired) electrons. The molecule has 25 heavy (non-hydrogen) atoms. The number of rotatable bonds is 4. The Morgan fingerprint density at radius 1 is 1.04 bits per heavy atom. The van der Waals surface area contributed by atoms with Gasteiger partial charge >= 0.3 is 5.97 Å². The molecule has 6 nitrogen and oxygen atoms in total. The number of hydrogen-bond acceptors (Lipinski definition) is 5. The normalized spacial score (nSPS) is 15.0. The molecule has 0 bridgehead atoms. The van der Waals surface area contributed by atoms with Crippen LogP contribution in [0.3, 0.4) is 0 Å². The van der Waals surface area contributed by atoms with Crippen LogP contribution in [0.4, 0.5) is 0 Å². The summed E-state index contributed by atoms with van der Waals surface area (Å²) in [4.78, 5) is 25.1. The second kappa shape index (κ2) is 6.84. The van der Waals surface area contributed by atoms with E-state index in [9.17, 15) is 9.59 Å². The molecule has 0 aliphatic carbocycles. The van der Waals surface area contributed by atoms with Gasteiger partial charge in [0, 0.05) is 5.56 Å². The highest BCUT2D eigenvalue weighted by molar-refractivity contribution is 5.98. The summed E-state index contributed by atoms with van der Waals surface area (Å²) >= 11 is 0. The first-order valence-corrected chi connectivity index (χ1v) is 7.90. The Kier molecular flexibility index (Phi) is 4.61. The van der Waals surface area contributed by atoms with E-state index in [1.54, 1.807) is 49.4 Å². The fraction of sp³-hybridized carbons (Fsp3) is 0.263. The van der Waals surface area contributed by atoms with Gasteiger partial charge in [0.15, 0.2) is 17.0 Å². The van der Waals surface area contributed by atoms with Gasteiger partial charge in [-0.3, -0.25) is 4.79 Å². The number of fused-ring (bicyclic) bond motifs is 1. The second-order valence-electron chi connectivity index (χ2n) is 5.80. The summed E-state index contributed by atoms with van der Waals surface area (Å²) in [6.07, 6.45) is 0. The van der Waals surface area contributed by atoms with E-state index in [0.29, 0.717) is 35.8 Å². The average molecular weight is 341 g/mol. The molecule has 0 spiro atoms. The molecule has 2 aromatic carbocycles. The van der Waals surface area contributed by atoms with Crippen LogP contribution in [-0.2, 0) is 15.1 Å². The summed E-state index contributed by atoms with van der Waals surface area (Å²) < 4.78 is 15.9. The molecule has 0 unspecified atom stereocenters. The molecular formula is C19H19NO5. The number of nitrogens with one attached hydrogen (secondary N) is 1. The van der Waals surface area contributed by atoms with Gasteiger partial charge in [0.25, 0.3) is 5.91 Å². The minimum absolute atomic E-state index is 0.371. The summed E-state index contributed by atoms with van der Waals surface area (Å²) in [5.74, 6) is 0.151. The topological polar surface area (TPSA) is 73.9 Å². The molecule has 3 rings (SSSR count). The third-order valence-corrected chi connectivity index (χ3v) is 4.11. The number of ether oxygens (including phenoxy) is 3. The van der Waals surface area contributed by atoms with Gasteiger partial charge in [-0.25, -0.2) is 4.79 Å². The van der Waals surface area contributed by atoms with E-state index >= 15 is 0 Å². The van der Waals surface area contributed by atoms with Gasteiger partial charge < -0.3 is 19.5 Å². The quantitative estimate of drug-likeness (QED) is 0.864. The fourth-order valence-electron chi connectivity index (χ4n) is 2.70. The third-order valence-electron chi connectivity index (χ3n) is 4.11. The standard InChI is InChI=1S/C19H19NO5/c1-19(18(22)23-2,14-6-4-3-5-7-14)20-17(21)13-8-9-15-16(12-13)25-11-10-24-15/h3-9,12H,10-11H2,1-2H3,(H,20,21)/t19-/m0/s1. The van der Waals surface area contributed by atoms with Crippen molar-refractivity contribution < 1.29 is 23.8 Å². The van der Waals surface area contributed by atoms with E-state index in [1.165, 1.54) is 7.11 Å². The molecule has 1 amide bonds. The number of amides is 1. The van der Waals surface area contributed by atoms with Crippen LogP contribution in [-0.4, -0.2) is 32.2 Å². The molecule has 1 N–H and O–H groups in total. The number of esters is 1. The Bertz CT molecular complexity index is 790. The Hall–Kier alpha value is -3.02. The summed E-state index contributed by atoms with van der Waals surface area (Å²) in [5, 5.41) is 2.77. The SMILES string of the molecule is COC(=O)[C@@](C)(NC(=O)c1ccc2c(c1)OCCO2)c1ccccc1. The summed E-state index contributed by atoms with van der Waals surface area (Å²) in [6.45, 7) is 2.53. The molecule has 0 saturated heterocycles. The van der Waals surface area contributed by atoms with Gasteiger partial charge in [0.1, 0.15) is 13.2 Å². The lowest BCUT2D eigenvalue weighted by molar-refractivity contribution is -0.148. The lowest BCUT2D eigenvalue weighted by Gasteiger charge is -2.28. The van der Waals surface area contributed by atoms with Crippen LogP contribution >= 0.6 is 0 Å². The van der Waals surface area contributed by atoms with Crippen LogP contribution < -0.4 is 14.8 Å². The second-order valence-corrected chi connectivity index (χ2v) is 5.80. The van der Waals surface area contributed by atoms with Crippen molar-refractivity contribution in [2.75, 3.05) is 20.3 Å². The van der Waals surface area contributed by atoms with Crippen molar-refractivity contribution >= 4 is 11.9 Å². The van der Waals surface area contributed by atoms with Gasteiger partial charge in [0.2, 0.25) is 0 Å². The molecule has 130 valence electrons. The van der Waals surface area contributed by atoms with Gasteiger partial charge in [0.05, 0.1) is 7.11 Å². The molecule has 2 aromatic rings. The summed E-state index contributed by atoms with van der Waals surface area (Å²) in [5.41, 5.74) is -0.302. The molecule has 0 fully saturated rings. The predicted octanol–water partition coefficient (Wildman–Crippen LogP) is 2.28. The Morgan fingerprint density at radius 3 is 2.40 bits per heavy atom. The van der Waals surface area contributed by atoms with Crippen molar-refractivity contribution in [3.05, 3.63) is 59.7 Å². The maximum Gasteiger partial charge on any atom is 0.336 e. The molecule has 6 heteroatoms. The fourth-order valence-corrected chi connectivity index (χ4v) is 2.70. The smallest absolute Gasteiger partial charge is 0.336 e. The number of carbonyl (C=O) groups excluding carboxylic acids is 2. The first kappa shape index (κ1) is 16.8. The predicted molar refractivity (Wildman–Crippen MR) is 90.7 cm³/mol. The van der Waals surface area contributed by atoms with Crippen molar-refractivity contribution in [1.82, 2.24) is 5.32 Å². The lowest BCUT2D eigenvalue weighted by Crippen LogP contribution is -2.50. The van der Waals surface area contributed by atoms with E-state index in [2.05, 4.69) is 5.32 Å². The van der Waals surface area contributed by atoms with Gasteiger partial charge in [-0.05, 0) is 30.7 Å². The van der Waals surface area contributed by atoms with Gasteiger partial charge in [-0.1, -0.05) is 30.3 Å². The van der Waals surface area contributed by atoms with E-state index in [4.69, 9.17) is 14.2 Å². The van der Waals surface area contributed by atoms with E-state index in [0.717, 1.165) is 0 Å². The minimum atomic E-state index is -1.31. The van der Waals surface area contributed by atoms with E-state index in [-0.39, 0.29) is 0 Å². The summed E-state index contributed by atoms with van der Waals surface area (Å²) in [7, 11) is 1.29. The third kappa shape index (κ3) is 3.28. The zero-order valence-corrected chi connectivity index (χ0v) is 14.1. The van der Waals surface area contributed by atoms with Gasteiger partial charge in [-0.15, -0.1) is 0 Å². The molecule has 1 heterocycles. The lowest BCUT2D eigenvalue weighted by atomic mass is 9.91. The molecule has 0 saturated carbocycles. The highest BCUT2D eigenvalue weighted by Crippen LogP contribution is 2.31. The Balaban J connectivity index is 1.89. The van der Waals surface area contributed by atoms with Crippen LogP contribution in [0.5, 0.6) is 11.5 Å². The highest BCUT2D eigenvalue weighted by atomic mass is 16.6. The molecule has 1 aliphatic rings. The maximum absolute atomic E-state index is 12.7. The van der Waals surface area contributed by atoms with Crippen LogP contribution in [0.1, 0.15) is 22.8 Å². The number of methoxy groups -OCH3 is 1. The molecule has 1 atom stereocenters. The first-order valence-electron chi connectivity index (χ1n) is 7.90.